The molecular formula is C23H20N6O2. The number of nitrogens with zero attached hydrogens (tertiary/aromatic N) is 5. The van der Waals surface area contributed by atoms with Gasteiger partial charge in [0, 0.05) is 23.2 Å². The molecule has 2 aromatic carbocycles. The fourth-order valence-corrected chi connectivity index (χ4v) is 3.43. The van der Waals surface area contributed by atoms with Crippen LogP contribution in [0.3, 0.4) is 0 Å². The van der Waals surface area contributed by atoms with Gasteiger partial charge in [0.05, 0.1) is 32.0 Å². The highest BCUT2D eigenvalue weighted by Crippen LogP contribution is 2.34. The standard InChI is InChI=1S/C23H20N6O2/c1-30-19-12-17-18(13-20(19)31-2)26-23(25-14-16-10-6-7-11-24-16)29-22(17)27-21(28-29)15-8-4-3-5-9-15/h3-13H,14H2,1-2H3,(H,25,26). The molecule has 8 nitrogen and oxygen atoms in total. The van der Waals surface area contributed by atoms with E-state index in [1.165, 1.54) is 0 Å². The monoisotopic (exact) mass is 412 g/mol. The van der Waals surface area contributed by atoms with E-state index in [0.29, 0.717) is 35.5 Å². The van der Waals surface area contributed by atoms with E-state index < -0.39 is 0 Å². The first-order chi connectivity index (χ1) is 15.3. The maximum Gasteiger partial charge on any atom is 0.226 e. The Morgan fingerprint density at radius 2 is 1.68 bits per heavy atom. The highest BCUT2D eigenvalue weighted by atomic mass is 16.5. The maximum absolute atomic E-state index is 5.49. The van der Waals surface area contributed by atoms with E-state index in [0.717, 1.165) is 22.2 Å². The summed E-state index contributed by atoms with van der Waals surface area (Å²) in [5.74, 6) is 2.39. The molecule has 5 aromatic rings. The molecule has 0 saturated heterocycles. The minimum atomic E-state index is 0.502. The number of anilines is 1. The summed E-state index contributed by atoms with van der Waals surface area (Å²) in [6.07, 6.45) is 1.76. The first-order valence-electron chi connectivity index (χ1n) is 9.78. The molecule has 0 aliphatic rings. The van der Waals surface area contributed by atoms with Crippen LogP contribution in [0.2, 0.25) is 0 Å². The molecule has 0 saturated carbocycles. The second-order valence-corrected chi connectivity index (χ2v) is 6.87. The molecule has 5 rings (SSSR count). The average molecular weight is 412 g/mol. The Bertz CT molecular complexity index is 1350. The summed E-state index contributed by atoms with van der Waals surface area (Å²) < 4.78 is 12.7. The zero-order chi connectivity index (χ0) is 21.2. The van der Waals surface area contributed by atoms with Crippen LogP contribution < -0.4 is 14.8 Å². The Labute approximate surface area is 178 Å². The normalized spacial score (nSPS) is 11.0. The predicted octanol–water partition coefficient (Wildman–Crippen LogP) is 3.97. The van der Waals surface area contributed by atoms with Gasteiger partial charge in [-0.2, -0.15) is 4.52 Å². The van der Waals surface area contributed by atoms with E-state index in [9.17, 15) is 0 Å². The number of benzene rings is 2. The van der Waals surface area contributed by atoms with Gasteiger partial charge in [0.25, 0.3) is 0 Å². The maximum atomic E-state index is 5.49. The molecule has 31 heavy (non-hydrogen) atoms. The van der Waals surface area contributed by atoms with Crippen molar-refractivity contribution in [2.24, 2.45) is 0 Å². The van der Waals surface area contributed by atoms with Gasteiger partial charge in [-0.3, -0.25) is 4.98 Å². The molecule has 0 radical (unpaired) electrons. The lowest BCUT2D eigenvalue weighted by Crippen LogP contribution is -2.09. The second kappa shape index (κ2) is 7.91. The van der Waals surface area contributed by atoms with Crippen LogP contribution in [0, 0.1) is 0 Å². The molecule has 0 bridgehead atoms. The number of ether oxygens (including phenoxy) is 2. The van der Waals surface area contributed by atoms with Gasteiger partial charge in [0.2, 0.25) is 5.95 Å². The summed E-state index contributed by atoms with van der Waals surface area (Å²) in [6, 6.07) is 19.4. The molecule has 0 aliphatic heterocycles. The van der Waals surface area contributed by atoms with Crippen LogP contribution in [0.1, 0.15) is 5.69 Å². The van der Waals surface area contributed by atoms with Crippen LogP contribution in [0.25, 0.3) is 27.9 Å². The van der Waals surface area contributed by atoms with Crippen molar-refractivity contribution in [2.45, 2.75) is 6.54 Å². The number of nitrogens with one attached hydrogen (secondary N) is 1. The summed E-state index contributed by atoms with van der Waals surface area (Å²) in [4.78, 5) is 14.0. The van der Waals surface area contributed by atoms with E-state index in [-0.39, 0.29) is 0 Å². The second-order valence-electron chi connectivity index (χ2n) is 6.87. The first-order valence-corrected chi connectivity index (χ1v) is 9.78. The van der Waals surface area contributed by atoms with Crippen molar-refractivity contribution in [1.29, 1.82) is 0 Å². The van der Waals surface area contributed by atoms with Crippen molar-refractivity contribution in [3.8, 4) is 22.9 Å². The molecule has 1 N–H and O–H groups in total. The number of hydrogen-bond donors (Lipinski definition) is 1. The summed E-state index contributed by atoms with van der Waals surface area (Å²) in [6.45, 7) is 0.502. The molecule has 0 spiro atoms. The van der Waals surface area contributed by atoms with E-state index in [1.807, 2.05) is 60.7 Å². The Hall–Kier alpha value is -4.20. The lowest BCUT2D eigenvalue weighted by atomic mass is 10.2. The molecule has 154 valence electrons. The molecule has 0 amide bonds. The van der Waals surface area contributed by atoms with Gasteiger partial charge in [-0.1, -0.05) is 36.4 Å². The summed E-state index contributed by atoms with van der Waals surface area (Å²) >= 11 is 0. The highest BCUT2D eigenvalue weighted by Gasteiger charge is 2.17. The Balaban J connectivity index is 1.70. The number of hydrogen-bond acceptors (Lipinski definition) is 7. The van der Waals surface area contributed by atoms with Crippen molar-refractivity contribution in [2.75, 3.05) is 19.5 Å². The lowest BCUT2D eigenvalue weighted by Gasteiger charge is -2.12. The summed E-state index contributed by atoms with van der Waals surface area (Å²) in [5.41, 5.74) is 3.22. The average Bonchev–Trinajstić information content (AvgIpc) is 3.29. The van der Waals surface area contributed by atoms with Gasteiger partial charge in [0.15, 0.2) is 23.0 Å². The Kier molecular flexibility index (Phi) is 4.80. The van der Waals surface area contributed by atoms with Crippen LogP contribution in [-0.4, -0.2) is 38.8 Å². The number of aromatic nitrogens is 5. The Morgan fingerprint density at radius 1 is 0.903 bits per heavy atom. The third kappa shape index (κ3) is 3.48. The molecule has 0 aliphatic carbocycles. The smallest absolute Gasteiger partial charge is 0.226 e. The van der Waals surface area contributed by atoms with Gasteiger partial charge in [-0.05, 0) is 18.2 Å². The van der Waals surface area contributed by atoms with Gasteiger partial charge in [-0.15, -0.1) is 5.10 Å². The number of pyridine rings is 1. The minimum absolute atomic E-state index is 0.502. The van der Waals surface area contributed by atoms with Gasteiger partial charge >= 0.3 is 0 Å². The molecule has 3 heterocycles. The number of rotatable bonds is 6. The quantitative estimate of drug-likeness (QED) is 0.452. The van der Waals surface area contributed by atoms with E-state index >= 15 is 0 Å². The number of methoxy groups -OCH3 is 2. The number of fused-ring (bicyclic) bond motifs is 3. The van der Waals surface area contributed by atoms with Crippen LogP contribution >= 0.6 is 0 Å². The van der Waals surface area contributed by atoms with Crippen molar-refractivity contribution < 1.29 is 9.47 Å². The van der Waals surface area contributed by atoms with Crippen molar-refractivity contribution in [1.82, 2.24) is 24.6 Å². The molecular weight excluding hydrogens is 392 g/mol. The first kappa shape index (κ1) is 18.8. The summed E-state index contributed by atoms with van der Waals surface area (Å²) in [5, 5.41) is 8.89. The van der Waals surface area contributed by atoms with Crippen molar-refractivity contribution in [3.05, 3.63) is 72.6 Å². The molecule has 3 aromatic heterocycles. The SMILES string of the molecule is COc1cc2nc(NCc3ccccn3)n3nc(-c4ccccc4)nc3c2cc1OC. The van der Waals surface area contributed by atoms with Gasteiger partial charge in [-0.25, -0.2) is 9.97 Å². The zero-order valence-corrected chi connectivity index (χ0v) is 17.1. The van der Waals surface area contributed by atoms with Crippen molar-refractivity contribution in [3.63, 3.8) is 0 Å². The fraction of sp³-hybridized carbons (Fsp3) is 0.130. The van der Waals surface area contributed by atoms with Crippen LogP contribution in [0.5, 0.6) is 11.5 Å². The topological polar surface area (TPSA) is 86.5 Å². The molecule has 0 fully saturated rings. The van der Waals surface area contributed by atoms with Crippen LogP contribution in [-0.2, 0) is 6.54 Å². The fourth-order valence-electron chi connectivity index (χ4n) is 3.43. The largest absolute Gasteiger partial charge is 0.493 e. The zero-order valence-electron chi connectivity index (χ0n) is 17.1. The molecule has 8 heteroatoms. The lowest BCUT2D eigenvalue weighted by molar-refractivity contribution is 0.356. The Morgan fingerprint density at radius 3 is 2.42 bits per heavy atom. The minimum Gasteiger partial charge on any atom is -0.493 e. The highest BCUT2D eigenvalue weighted by molar-refractivity contribution is 5.95. The van der Waals surface area contributed by atoms with E-state index in [2.05, 4.69) is 10.3 Å². The van der Waals surface area contributed by atoms with Crippen LogP contribution in [0.15, 0.2) is 66.9 Å². The van der Waals surface area contributed by atoms with Crippen molar-refractivity contribution >= 4 is 22.5 Å². The molecule has 0 atom stereocenters. The van der Waals surface area contributed by atoms with E-state index in [4.69, 9.17) is 24.5 Å². The molecule has 0 unspecified atom stereocenters. The predicted molar refractivity (Wildman–Crippen MR) is 118 cm³/mol. The summed E-state index contributed by atoms with van der Waals surface area (Å²) in [7, 11) is 3.21. The van der Waals surface area contributed by atoms with Gasteiger partial charge in [0.1, 0.15) is 0 Å². The van der Waals surface area contributed by atoms with Gasteiger partial charge < -0.3 is 14.8 Å². The van der Waals surface area contributed by atoms with E-state index in [1.54, 1.807) is 24.9 Å². The third-order valence-electron chi connectivity index (χ3n) is 4.96. The van der Waals surface area contributed by atoms with Crippen LogP contribution in [0.4, 0.5) is 5.95 Å². The third-order valence-corrected chi connectivity index (χ3v) is 4.96.